The summed E-state index contributed by atoms with van der Waals surface area (Å²) in [5, 5.41) is 0. The van der Waals surface area contributed by atoms with E-state index in [9.17, 15) is 18.0 Å². The van der Waals surface area contributed by atoms with Crippen molar-refractivity contribution in [1.29, 1.82) is 0 Å². The van der Waals surface area contributed by atoms with Crippen LogP contribution in [0, 0.1) is 5.92 Å². The highest BCUT2D eigenvalue weighted by Crippen LogP contribution is 2.41. The van der Waals surface area contributed by atoms with Gasteiger partial charge in [-0.25, -0.2) is 9.79 Å². The number of cyclic esters (lactones) is 1. The molecule has 0 amide bonds. The average molecular weight is 347 g/mol. The minimum atomic E-state index is -4.43. The van der Waals surface area contributed by atoms with E-state index in [0.29, 0.717) is 11.1 Å². The molecule has 0 fully saturated rings. The van der Waals surface area contributed by atoms with Gasteiger partial charge in [-0.3, -0.25) is 0 Å². The molecule has 0 radical (unpaired) electrons. The van der Waals surface area contributed by atoms with E-state index in [1.807, 2.05) is 6.07 Å². The van der Waals surface area contributed by atoms with Crippen LogP contribution in [0.25, 0.3) is 0 Å². The van der Waals surface area contributed by atoms with Crippen LogP contribution in [0.2, 0.25) is 0 Å². The van der Waals surface area contributed by atoms with E-state index in [1.54, 1.807) is 38.1 Å². The van der Waals surface area contributed by atoms with Crippen LogP contribution in [0.3, 0.4) is 0 Å². The summed E-state index contributed by atoms with van der Waals surface area (Å²) < 4.78 is 43.7. The second-order valence-electron chi connectivity index (χ2n) is 6.17. The van der Waals surface area contributed by atoms with Gasteiger partial charge in [-0.2, -0.15) is 13.2 Å². The first-order valence-corrected chi connectivity index (χ1v) is 7.80. The normalized spacial score (nSPS) is 20.6. The molecule has 0 saturated carbocycles. The van der Waals surface area contributed by atoms with Gasteiger partial charge in [-0.1, -0.05) is 44.2 Å². The first-order chi connectivity index (χ1) is 11.7. The van der Waals surface area contributed by atoms with Crippen LogP contribution in [0.5, 0.6) is 0 Å². The van der Waals surface area contributed by atoms with Crippen molar-refractivity contribution < 1.29 is 22.7 Å². The van der Waals surface area contributed by atoms with Crippen molar-refractivity contribution in [3.8, 4) is 0 Å². The summed E-state index contributed by atoms with van der Waals surface area (Å²) >= 11 is 0. The Hall–Kier alpha value is -2.63. The molecule has 0 unspecified atom stereocenters. The molecular weight excluding hydrogens is 331 g/mol. The number of esters is 1. The number of alkyl halides is 3. The summed E-state index contributed by atoms with van der Waals surface area (Å²) in [5.41, 5.74) is -1.10. The summed E-state index contributed by atoms with van der Waals surface area (Å²) in [6.45, 7) is 3.58. The highest BCUT2D eigenvalue weighted by molar-refractivity contribution is 6.08. The number of benzene rings is 2. The molecule has 1 heterocycles. The molecule has 1 atom stereocenters. The molecule has 3 nitrogen and oxygen atoms in total. The molecular formula is C19H16F3NO2. The predicted molar refractivity (Wildman–Crippen MR) is 87.0 cm³/mol. The molecule has 0 spiro atoms. The zero-order chi connectivity index (χ0) is 18.2. The van der Waals surface area contributed by atoms with Gasteiger partial charge in [0.15, 0.2) is 5.54 Å². The second-order valence-corrected chi connectivity index (χ2v) is 6.17. The first kappa shape index (κ1) is 17.2. The Morgan fingerprint density at radius 2 is 1.60 bits per heavy atom. The van der Waals surface area contributed by atoms with Crippen molar-refractivity contribution in [3.63, 3.8) is 0 Å². The van der Waals surface area contributed by atoms with E-state index in [-0.39, 0.29) is 11.8 Å². The van der Waals surface area contributed by atoms with Gasteiger partial charge < -0.3 is 4.74 Å². The molecule has 2 aromatic rings. The van der Waals surface area contributed by atoms with Gasteiger partial charge >= 0.3 is 12.1 Å². The topological polar surface area (TPSA) is 38.7 Å². The van der Waals surface area contributed by atoms with Crippen molar-refractivity contribution >= 4 is 11.9 Å². The molecule has 1 aliphatic heterocycles. The van der Waals surface area contributed by atoms with Gasteiger partial charge in [0.05, 0.1) is 5.56 Å². The second kappa shape index (κ2) is 6.02. The maximum atomic E-state index is 12.8. The number of aliphatic imine (C=N–C) groups is 1. The lowest BCUT2D eigenvalue weighted by Gasteiger charge is -2.26. The number of hydrogen-bond donors (Lipinski definition) is 0. The standard InChI is InChI=1S/C19H16F3NO2/c1-12(2)18(14-8-10-15(11-9-14)19(20,21)22)17(24)25-16(23-18)13-6-4-3-5-7-13/h3-12H,1-2H3/t18-/m1/s1. The zero-order valence-corrected chi connectivity index (χ0v) is 13.7. The minimum Gasteiger partial charge on any atom is -0.405 e. The van der Waals surface area contributed by atoms with Crippen molar-refractivity contribution in [2.45, 2.75) is 25.6 Å². The summed E-state index contributed by atoms with van der Waals surface area (Å²) in [6, 6.07) is 13.4. The summed E-state index contributed by atoms with van der Waals surface area (Å²) in [5.74, 6) is -0.696. The Kier molecular flexibility index (Phi) is 4.14. The molecule has 1 aliphatic rings. The SMILES string of the molecule is CC(C)[C@]1(c2ccc(C(F)(F)F)cc2)N=C(c2ccccc2)OC1=O. The zero-order valence-electron chi connectivity index (χ0n) is 13.7. The van der Waals surface area contributed by atoms with E-state index in [1.165, 1.54) is 12.1 Å². The van der Waals surface area contributed by atoms with E-state index < -0.39 is 23.2 Å². The van der Waals surface area contributed by atoms with E-state index in [0.717, 1.165) is 12.1 Å². The fraction of sp³-hybridized carbons (Fsp3) is 0.263. The fourth-order valence-electron chi connectivity index (χ4n) is 2.89. The Bertz CT molecular complexity index is 811. The Morgan fingerprint density at radius 3 is 2.12 bits per heavy atom. The number of nitrogens with zero attached hydrogens (tertiary/aromatic N) is 1. The number of carbonyl (C=O) groups is 1. The summed E-state index contributed by atoms with van der Waals surface area (Å²) in [4.78, 5) is 17.1. The lowest BCUT2D eigenvalue weighted by molar-refractivity contribution is -0.141. The van der Waals surface area contributed by atoms with Crippen LogP contribution in [-0.4, -0.2) is 11.9 Å². The van der Waals surface area contributed by atoms with Crippen molar-refractivity contribution in [2.75, 3.05) is 0 Å². The van der Waals surface area contributed by atoms with E-state index in [2.05, 4.69) is 4.99 Å². The molecule has 0 aromatic heterocycles. The fourth-order valence-corrected chi connectivity index (χ4v) is 2.89. The van der Waals surface area contributed by atoms with Crippen LogP contribution in [0.15, 0.2) is 59.6 Å². The van der Waals surface area contributed by atoms with E-state index in [4.69, 9.17) is 4.74 Å². The van der Waals surface area contributed by atoms with Crippen molar-refractivity contribution in [3.05, 3.63) is 71.3 Å². The van der Waals surface area contributed by atoms with Crippen LogP contribution in [0.4, 0.5) is 13.2 Å². The van der Waals surface area contributed by atoms with E-state index >= 15 is 0 Å². The summed E-state index contributed by atoms with van der Waals surface area (Å²) in [6.07, 6.45) is -4.43. The average Bonchev–Trinajstić information content (AvgIpc) is 2.94. The monoisotopic (exact) mass is 347 g/mol. The highest BCUT2D eigenvalue weighted by Gasteiger charge is 2.50. The minimum absolute atomic E-state index is 0.180. The van der Waals surface area contributed by atoms with Gasteiger partial charge in [0.25, 0.3) is 0 Å². The molecule has 0 aliphatic carbocycles. The third-order valence-corrected chi connectivity index (χ3v) is 4.29. The highest BCUT2D eigenvalue weighted by atomic mass is 19.4. The smallest absolute Gasteiger partial charge is 0.405 e. The van der Waals surface area contributed by atoms with Crippen LogP contribution < -0.4 is 0 Å². The third-order valence-electron chi connectivity index (χ3n) is 4.29. The van der Waals surface area contributed by atoms with Crippen molar-refractivity contribution in [1.82, 2.24) is 0 Å². The molecule has 0 bridgehead atoms. The number of halogens is 3. The lowest BCUT2D eigenvalue weighted by atomic mass is 9.80. The van der Waals surface area contributed by atoms with Gasteiger partial charge in [-0.05, 0) is 35.7 Å². The quantitative estimate of drug-likeness (QED) is 0.764. The van der Waals surface area contributed by atoms with Gasteiger partial charge in [0.1, 0.15) is 0 Å². The molecule has 3 rings (SSSR count). The largest absolute Gasteiger partial charge is 0.416 e. The number of ether oxygens (including phenoxy) is 1. The summed E-state index contributed by atoms with van der Waals surface area (Å²) in [7, 11) is 0. The first-order valence-electron chi connectivity index (χ1n) is 7.80. The van der Waals surface area contributed by atoms with Crippen LogP contribution in [-0.2, 0) is 21.2 Å². The number of carbonyl (C=O) groups excluding carboxylic acids is 1. The molecule has 2 aromatic carbocycles. The Balaban J connectivity index is 2.08. The van der Waals surface area contributed by atoms with Gasteiger partial charge in [-0.15, -0.1) is 0 Å². The third kappa shape index (κ3) is 2.92. The predicted octanol–water partition coefficient (Wildman–Crippen LogP) is 4.56. The lowest BCUT2D eigenvalue weighted by Crippen LogP contribution is -2.36. The number of rotatable bonds is 3. The maximum absolute atomic E-state index is 12.8. The Morgan fingerprint density at radius 1 is 1.00 bits per heavy atom. The molecule has 0 saturated heterocycles. The van der Waals surface area contributed by atoms with Gasteiger partial charge in [0.2, 0.25) is 5.90 Å². The molecule has 25 heavy (non-hydrogen) atoms. The number of hydrogen-bond acceptors (Lipinski definition) is 3. The molecule has 0 N–H and O–H groups in total. The van der Waals surface area contributed by atoms with Crippen molar-refractivity contribution in [2.24, 2.45) is 10.9 Å². The maximum Gasteiger partial charge on any atom is 0.416 e. The van der Waals surface area contributed by atoms with Crippen LogP contribution in [0.1, 0.15) is 30.5 Å². The molecule has 6 heteroatoms. The van der Waals surface area contributed by atoms with Crippen LogP contribution >= 0.6 is 0 Å². The molecule has 130 valence electrons. The van der Waals surface area contributed by atoms with Gasteiger partial charge in [0, 0.05) is 5.56 Å². The Labute approximate surface area is 143 Å².